The Morgan fingerprint density at radius 2 is 2.20 bits per heavy atom. The van der Waals surface area contributed by atoms with Crippen LogP contribution in [0.4, 0.5) is 11.5 Å². The van der Waals surface area contributed by atoms with E-state index in [9.17, 15) is 0 Å². The molecule has 0 radical (unpaired) electrons. The Balaban J connectivity index is 2.14. The molecule has 2 heterocycles. The summed E-state index contributed by atoms with van der Waals surface area (Å²) >= 11 is 3.47. The van der Waals surface area contributed by atoms with Gasteiger partial charge in [-0.05, 0) is 53.4 Å². The molecule has 0 bridgehead atoms. The van der Waals surface area contributed by atoms with Crippen molar-refractivity contribution >= 4 is 27.4 Å². The first-order valence-corrected chi connectivity index (χ1v) is 7.71. The molecule has 4 heteroatoms. The number of halogens is 1. The van der Waals surface area contributed by atoms with E-state index < -0.39 is 0 Å². The Bertz CT molecular complexity index is 627. The highest BCUT2D eigenvalue weighted by atomic mass is 79.9. The third kappa shape index (κ3) is 2.34. The molecule has 3 nitrogen and oxygen atoms in total. The normalized spacial score (nSPS) is 17.9. The van der Waals surface area contributed by atoms with Crippen molar-refractivity contribution < 1.29 is 0 Å². The van der Waals surface area contributed by atoms with Crippen molar-refractivity contribution in [2.45, 2.75) is 32.4 Å². The van der Waals surface area contributed by atoms with E-state index in [0.29, 0.717) is 12.6 Å². The molecule has 1 atom stereocenters. The second-order valence-electron chi connectivity index (χ2n) is 5.23. The van der Waals surface area contributed by atoms with Crippen LogP contribution in [0.2, 0.25) is 0 Å². The van der Waals surface area contributed by atoms with Crippen LogP contribution >= 0.6 is 15.9 Å². The molecule has 1 aliphatic heterocycles. The minimum absolute atomic E-state index is 0.434. The van der Waals surface area contributed by atoms with E-state index in [1.54, 1.807) is 0 Å². The van der Waals surface area contributed by atoms with E-state index in [1.807, 2.05) is 6.20 Å². The largest absolute Gasteiger partial charge is 0.326 e. The molecule has 20 heavy (non-hydrogen) atoms. The number of fused-ring (bicyclic) bond motifs is 1. The zero-order chi connectivity index (χ0) is 14.1. The summed E-state index contributed by atoms with van der Waals surface area (Å²) in [5.41, 5.74) is 9.62. The van der Waals surface area contributed by atoms with Gasteiger partial charge in [-0.15, -0.1) is 0 Å². The first-order chi connectivity index (χ1) is 9.70. The van der Waals surface area contributed by atoms with Crippen LogP contribution in [0.3, 0.4) is 0 Å². The standard InChI is InChI=1S/C16H18BrN3/c1-11-6-7-12-4-2-3-5-15(12)20(11)16-13(9-18)8-14(17)10-19-16/h2-5,8,10-11H,6-7,9,18H2,1H3. The highest BCUT2D eigenvalue weighted by Gasteiger charge is 2.26. The molecule has 2 aromatic rings. The molecular formula is C16H18BrN3. The molecule has 0 aliphatic carbocycles. The van der Waals surface area contributed by atoms with Gasteiger partial charge in [-0.25, -0.2) is 4.98 Å². The van der Waals surface area contributed by atoms with Gasteiger partial charge in [0.2, 0.25) is 0 Å². The summed E-state index contributed by atoms with van der Waals surface area (Å²) in [6.45, 7) is 2.74. The number of hydrogen-bond donors (Lipinski definition) is 1. The highest BCUT2D eigenvalue weighted by Crippen LogP contribution is 2.37. The van der Waals surface area contributed by atoms with E-state index in [4.69, 9.17) is 5.73 Å². The van der Waals surface area contributed by atoms with Crippen molar-refractivity contribution in [1.29, 1.82) is 0 Å². The Morgan fingerprint density at radius 1 is 1.40 bits per heavy atom. The molecule has 2 N–H and O–H groups in total. The summed E-state index contributed by atoms with van der Waals surface area (Å²) in [6.07, 6.45) is 4.11. The predicted molar refractivity (Wildman–Crippen MR) is 86.2 cm³/mol. The van der Waals surface area contributed by atoms with Crippen molar-refractivity contribution in [3.8, 4) is 0 Å². The van der Waals surface area contributed by atoms with Gasteiger partial charge in [0.15, 0.2) is 0 Å². The molecule has 0 saturated heterocycles. The van der Waals surface area contributed by atoms with E-state index in [1.165, 1.54) is 11.3 Å². The summed E-state index contributed by atoms with van der Waals surface area (Å²) in [6, 6.07) is 11.1. The van der Waals surface area contributed by atoms with Crippen LogP contribution in [0.1, 0.15) is 24.5 Å². The SMILES string of the molecule is CC1CCc2ccccc2N1c1ncc(Br)cc1CN. The van der Waals surface area contributed by atoms with Gasteiger partial charge in [-0.2, -0.15) is 0 Å². The highest BCUT2D eigenvalue weighted by molar-refractivity contribution is 9.10. The predicted octanol–water partition coefficient (Wildman–Crippen LogP) is 3.78. The van der Waals surface area contributed by atoms with E-state index in [-0.39, 0.29) is 0 Å². The van der Waals surface area contributed by atoms with Crippen LogP contribution in [-0.2, 0) is 13.0 Å². The minimum atomic E-state index is 0.434. The maximum Gasteiger partial charge on any atom is 0.137 e. The molecule has 1 aromatic carbocycles. The van der Waals surface area contributed by atoms with Gasteiger partial charge < -0.3 is 10.6 Å². The number of hydrogen-bond acceptors (Lipinski definition) is 3. The molecule has 1 aliphatic rings. The number of anilines is 2. The van der Waals surface area contributed by atoms with Gasteiger partial charge in [0.25, 0.3) is 0 Å². The van der Waals surface area contributed by atoms with Crippen LogP contribution in [0, 0.1) is 0 Å². The smallest absolute Gasteiger partial charge is 0.137 e. The van der Waals surface area contributed by atoms with Crippen LogP contribution in [-0.4, -0.2) is 11.0 Å². The molecule has 0 spiro atoms. The topological polar surface area (TPSA) is 42.2 Å². The fourth-order valence-electron chi connectivity index (χ4n) is 2.85. The van der Waals surface area contributed by atoms with Crippen molar-refractivity contribution in [3.63, 3.8) is 0 Å². The summed E-state index contributed by atoms with van der Waals surface area (Å²) in [5.74, 6) is 0.982. The van der Waals surface area contributed by atoms with E-state index in [2.05, 4.69) is 63.1 Å². The van der Waals surface area contributed by atoms with Gasteiger partial charge in [0.1, 0.15) is 5.82 Å². The maximum absolute atomic E-state index is 5.90. The number of nitrogens with two attached hydrogens (primary N) is 1. The minimum Gasteiger partial charge on any atom is -0.326 e. The Labute approximate surface area is 127 Å². The number of pyridine rings is 1. The molecule has 3 rings (SSSR count). The van der Waals surface area contributed by atoms with Gasteiger partial charge in [-0.1, -0.05) is 18.2 Å². The Hall–Kier alpha value is -1.39. The van der Waals surface area contributed by atoms with Crippen molar-refractivity contribution in [2.24, 2.45) is 5.73 Å². The summed E-state index contributed by atoms with van der Waals surface area (Å²) in [4.78, 5) is 6.95. The summed E-state index contributed by atoms with van der Waals surface area (Å²) in [5, 5.41) is 0. The fraction of sp³-hybridized carbons (Fsp3) is 0.312. The molecule has 1 unspecified atom stereocenters. The van der Waals surface area contributed by atoms with Crippen molar-refractivity contribution in [2.75, 3.05) is 4.90 Å². The number of aromatic nitrogens is 1. The number of para-hydroxylation sites is 1. The van der Waals surface area contributed by atoms with Gasteiger partial charge in [0.05, 0.1) is 0 Å². The zero-order valence-corrected chi connectivity index (χ0v) is 13.1. The fourth-order valence-corrected chi connectivity index (χ4v) is 3.23. The van der Waals surface area contributed by atoms with Crippen LogP contribution in [0.15, 0.2) is 41.0 Å². The number of nitrogens with zero attached hydrogens (tertiary/aromatic N) is 2. The molecule has 0 saturated carbocycles. The average Bonchev–Trinajstić information content (AvgIpc) is 2.48. The van der Waals surface area contributed by atoms with Crippen LogP contribution < -0.4 is 10.6 Å². The lowest BCUT2D eigenvalue weighted by molar-refractivity contribution is 0.611. The quantitative estimate of drug-likeness (QED) is 0.910. The Kier molecular flexibility index (Phi) is 3.76. The maximum atomic E-state index is 5.90. The first kappa shape index (κ1) is 13.6. The number of aryl methyl sites for hydroxylation is 1. The molecule has 104 valence electrons. The van der Waals surface area contributed by atoms with Crippen LogP contribution in [0.5, 0.6) is 0 Å². The second kappa shape index (κ2) is 5.54. The third-order valence-electron chi connectivity index (χ3n) is 3.88. The third-order valence-corrected chi connectivity index (χ3v) is 4.31. The van der Waals surface area contributed by atoms with Crippen molar-refractivity contribution in [3.05, 3.63) is 52.1 Å². The van der Waals surface area contributed by atoms with E-state index >= 15 is 0 Å². The molecule has 0 fully saturated rings. The molecule has 1 aromatic heterocycles. The second-order valence-corrected chi connectivity index (χ2v) is 6.14. The number of benzene rings is 1. The van der Waals surface area contributed by atoms with Crippen molar-refractivity contribution in [1.82, 2.24) is 4.98 Å². The van der Waals surface area contributed by atoms with Crippen LogP contribution in [0.25, 0.3) is 0 Å². The zero-order valence-electron chi connectivity index (χ0n) is 11.5. The summed E-state index contributed by atoms with van der Waals surface area (Å²) in [7, 11) is 0. The lowest BCUT2D eigenvalue weighted by Gasteiger charge is -2.37. The molecular weight excluding hydrogens is 314 g/mol. The molecule has 0 amide bonds. The average molecular weight is 332 g/mol. The Morgan fingerprint density at radius 3 is 3.00 bits per heavy atom. The lowest BCUT2D eigenvalue weighted by atomic mass is 9.96. The number of rotatable bonds is 2. The van der Waals surface area contributed by atoms with Gasteiger partial charge >= 0.3 is 0 Å². The summed E-state index contributed by atoms with van der Waals surface area (Å²) < 4.78 is 0.972. The van der Waals surface area contributed by atoms with Gasteiger partial charge in [0, 0.05) is 34.5 Å². The monoisotopic (exact) mass is 331 g/mol. The van der Waals surface area contributed by atoms with E-state index in [0.717, 1.165) is 28.7 Å². The first-order valence-electron chi connectivity index (χ1n) is 6.92. The lowest BCUT2D eigenvalue weighted by Crippen LogP contribution is -2.34. The van der Waals surface area contributed by atoms with Gasteiger partial charge in [-0.3, -0.25) is 0 Å².